The van der Waals surface area contributed by atoms with Crippen molar-refractivity contribution in [2.45, 2.75) is 13.1 Å². The molecule has 0 atom stereocenters. The van der Waals surface area contributed by atoms with Gasteiger partial charge in [0.05, 0.1) is 24.9 Å². The quantitative estimate of drug-likeness (QED) is 0.634. The lowest BCUT2D eigenvalue weighted by Crippen LogP contribution is -2.52. The zero-order chi connectivity index (χ0) is 20.8. The molecule has 3 aromatic heterocycles. The standard InChI is InChI=1S/C21H23N5O3S/c27-20(23-15-17-5-3-13-30-17)18-6-1-7-22-19(18)25-8-10-26(11-9-25)21(28)24-14-16-4-2-12-29-16/h1-7,12-13H,8-11,14-15H2,(H,23,27)(H,24,28). The highest BCUT2D eigenvalue weighted by Crippen LogP contribution is 2.19. The van der Waals surface area contributed by atoms with Crippen molar-refractivity contribution in [3.8, 4) is 0 Å². The molecule has 9 heteroatoms. The topological polar surface area (TPSA) is 90.7 Å². The van der Waals surface area contributed by atoms with Crippen LogP contribution in [0, 0.1) is 0 Å². The predicted octanol–water partition coefficient (Wildman–Crippen LogP) is 2.70. The molecule has 0 spiro atoms. The summed E-state index contributed by atoms with van der Waals surface area (Å²) in [5.41, 5.74) is 0.546. The Labute approximate surface area is 178 Å². The number of carbonyl (C=O) groups excluding carboxylic acids is 2. The molecule has 3 amide bonds. The van der Waals surface area contributed by atoms with Crippen molar-refractivity contribution in [3.05, 3.63) is 70.4 Å². The van der Waals surface area contributed by atoms with E-state index in [2.05, 4.69) is 20.5 Å². The van der Waals surface area contributed by atoms with Crippen LogP contribution in [0.25, 0.3) is 0 Å². The summed E-state index contributed by atoms with van der Waals surface area (Å²) in [6, 6.07) is 11.0. The lowest BCUT2D eigenvalue weighted by molar-refractivity contribution is 0.0951. The molecule has 1 aliphatic heterocycles. The first-order valence-corrected chi connectivity index (χ1v) is 10.6. The number of amides is 3. The van der Waals surface area contributed by atoms with Crippen LogP contribution >= 0.6 is 11.3 Å². The molecule has 0 saturated carbocycles. The number of anilines is 1. The Hall–Kier alpha value is -3.33. The number of thiophene rings is 1. The summed E-state index contributed by atoms with van der Waals surface area (Å²) in [4.78, 5) is 34.5. The third kappa shape index (κ3) is 4.80. The third-order valence-electron chi connectivity index (χ3n) is 4.89. The van der Waals surface area contributed by atoms with E-state index in [1.807, 2.05) is 23.6 Å². The van der Waals surface area contributed by atoms with E-state index in [9.17, 15) is 9.59 Å². The Bertz CT molecular complexity index is 966. The summed E-state index contributed by atoms with van der Waals surface area (Å²) in [5.74, 6) is 1.22. The molecule has 30 heavy (non-hydrogen) atoms. The molecule has 2 N–H and O–H groups in total. The number of pyridine rings is 1. The fraction of sp³-hybridized carbons (Fsp3) is 0.286. The second kappa shape index (κ2) is 9.45. The lowest BCUT2D eigenvalue weighted by atomic mass is 10.2. The van der Waals surface area contributed by atoms with Crippen LogP contribution < -0.4 is 15.5 Å². The Morgan fingerprint density at radius 1 is 1.03 bits per heavy atom. The third-order valence-corrected chi connectivity index (χ3v) is 5.77. The van der Waals surface area contributed by atoms with E-state index in [4.69, 9.17) is 4.42 Å². The highest BCUT2D eigenvalue weighted by molar-refractivity contribution is 7.09. The number of furan rings is 1. The van der Waals surface area contributed by atoms with Crippen LogP contribution in [0.1, 0.15) is 21.0 Å². The van der Waals surface area contributed by atoms with Crippen molar-refractivity contribution in [1.82, 2.24) is 20.5 Å². The summed E-state index contributed by atoms with van der Waals surface area (Å²) in [7, 11) is 0. The number of piperazine rings is 1. The monoisotopic (exact) mass is 425 g/mol. The molecular formula is C21H23N5O3S. The van der Waals surface area contributed by atoms with Crippen molar-refractivity contribution >= 4 is 29.1 Å². The Kier molecular flexibility index (Phi) is 6.29. The minimum Gasteiger partial charge on any atom is -0.467 e. The van der Waals surface area contributed by atoms with Gasteiger partial charge in [0, 0.05) is 37.3 Å². The Morgan fingerprint density at radius 3 is 2.63 bits per heavy atom. The zero-order valence-corrected chi connectivity index (χ0v) is 17.2. The Balaban J connectivity index is 1.33. The smallest absolute Gasteiger partial charge is 0.317 e. The second-order valence-electron chi connectivity index (χ2n) is 6.85. The fourth-order valence-corrected chi connectivity index (χ4v) is 3.96. The summed E-state index contributed by atoms with van der Waals surface area (Å²) >= 11 is 1.61. The number of aromatic nitrogens is 1. The van der Waals surface area contributed by atoms with Crippen LogP contribution in [0.4, 0.5) is 10.6 Å². The fourth-order valence-electron chi connectivity index (χ4n) is 3.31. The lowest BCUT2D eigenvalue weighted by Gasteiger charge is -2.36. The van der Waals surface area contributed by atoms with Gasteiger partial charge < -0.3 is 24.9 Å². The van der Waals surface area contributed by atoms with E-state index in [1.165, 1.54) is 0 Å². The molecule has 1 aliphatic rings. The van der Waals surface area contributed by atoms with E-state index in [-0.39, 0.29) is 11.9 Å². The van der Waals surface area contributed by atoms with Crippen LogP contribution in [-0.4, -0.2) is 48.0 Å². The van der Waals surface area contributed by atoms with E-state index in [0.717, 1.165) is 4.88 Å². The number of nitrogens with zero attached hydrogens (tertiary/aromatic N) is 3. The highest BCUT2D eigenvalue weighted by Gasteiger charge is 2.25. The van der Waals surface area contributed by atoms with Crippen LogP contribution in [0.15, 0.2) is 58.7 Å². The molecule has 0 bridgehead atoms. The van der Waals surface area contributed by atoms with Crippen molar-refractivity contribution in [3.63, 3.8) is 0 Å². The molecule has 0 radical (unpaired) electrons. The van der Waals surface area contributed by atoms with Gasteiger partial charge in [-0.3, -0.25) is 4.79 Å². The largest absolute Gasteiger partial charge is 0.467 e. The average molecular weight is 426 g/mol. The van der Waals surface area contributed by atoms with Crippen molar-refractivity contribution in [1.29, 1.82) is 0 Å². The van der Waals surface area contributed by atoms with Gasteiger partial charge in [-0.1, -0.05) is 6.07 Å². The van der Waals surface area contributed by atoms with Crippen molar-refractivity contribution < 1.29 is 14.0 Å². The first-order chi connectivity index (χ1) is 14.7. The van der Waals surface area contributed by atoms with Gasteiger partial charge in [0.15, 0.2) is 0 Å². The van der Waals surface area contributed by atoms with Crippen LogP contribution in [0.3, 0.4) is 0 Å². The van der Waals surface area contributed by atoms with E-state index in [0.29, 0.717) is 56.4 Å². The normalized spacial score (nSPS) is 13.9. The Morgan fingerprint density at radius 2 is 1.90 bits per heavy atom. The maximum Gasteiger partial charge on any atom is 0.317 e. The summed E-state index contributed by atoms with van der Waals surface area (Å²) in [6.45, 7) is 3.18. The van der Waals surface area contributed by atoms with Gasteiger partial charge in [0.2, 0.25) is 0 Å². The maximum absolute atomic E-state index is 12.7. The predicted molar refractivity (Wildman–Crippen MR) is 114 cm³/mol. The van der Waals surface area contributed by atoms with E-state index < -0.39 is 0 Å². The number of carbonyl (C=O) groups is 2. The molecule has 0 aromatic carbocycles. The van der Waals surface area contributed by atoms with Gasteiger partial charge in [0.1, 0.15) is 11.6 Å². The van der Waals surface area contributed by atoms with Crippen LogP contribution in [-0.2, 0) is 13.1 Å². The van der Waals surface area contributed by atoms with Crippen LogP contribution in [0.2, 0.25) is 0 Å². The number of urea groups is 1. The molecule has 0 unspecified atom stereocenters. The first kappa shape index (κ1) is 20.0. The molecular weight excluding hydrogens is 402 g/mol. The molecule has 0 aliphatic carbocycles. The van der Waals surface area contributed by atoms with Crippen LogP contribution in [0.5, 0.6) is 0 Å². The molecule has 8 nitrogen and oxygen atoms in total. The number of hydrogen-bond donors (Lipinski definition) is 2. The van der Waals surface area contributed by atoms with Crippen molar-refractivity contribution in [2.75, 3.05) is 31.1 Å². The van der Waals surface area contributed by atoms with Gasteiger partial charge in [-0.2, -0.15) is 0 Å². The number of rotatable bonds is 6. The highest BCUT2D eigenvalue weighted by atomic mass is 32.1. The van der Waals surface area contributed by atoms with Gasteiger partial charge in [-0.05, 0) is 35.7 Å². The molecule has 3 aromatic rings. The second-order valence-corrected chi connectivity index (χ2v) is 7.88. The van der Waals surface area contributed by atoms with Gasteiger partial charge in [-0.25, -0.2) is 9.78 Å². The molecule has 4 heterocycles. The maximum atomic E-state index is 12.7. The van der Waals surface area contributed by atoms with Gasteiger partial charge in [0.25, 0.3) is 5.91 Å². The summed E-state index contributed by atoms with van der Waals surface area (Å²) in [5, 5.41) is 7.81. The first-order valence-electron chi connectivity index (χ1n) is 9.76. The number of hydrogen-bond acceptors (Lipinski definition) is 6. The van der Waals surface area contributed by atoms with Gasteiger partial charge in [-0.15, -0.1) is 11.3 Å². The molecule has 1 saturated heterocycles. The summed E-state index contributed by atoms with van der Waals surface area (Å²) in [6.07, 6.45) is 3.27. The van der Waals surface area contributed by atoms with Crippen molar-refractivity contribution in [2.24, 2.45) is 0 Å². The van der Waals surface area contributed by atoms with E-state index in [1.54, 1.807) is 46.9 Å². The minimum atomic E-state index is -0.148. The average Bonchev–Trinajstić information content (AvgIpc) is 3.50. The SMILES string of the molecule is O=C(NCc1cccs1)c1cccnc1N1CCN(C(=O)NCc2ccco2)CC1. The van der Waals surface area contributed by atoms with Gasteiger partial charge >= 0.3 is 6.03 Å². The number of nitrogens with one attached hydrogen (secondary N) is 2. The minimum absolute atomic E-state index is 0.124. The molecule has 156 valence electrons. The molecule has 4 rings (SSSR count). The summed E-state index contributed by atoms with van der Waals surface area (Å²) < 4.78 is 5.24. The van der Waals surface area contributed by atoms with E-state index >= 15 is 0 Å². The molecule has 1 fully saturated rings. The zero-order valence-electron chi connectivity index (χ0n) is 16.4.